The first-order chi connectivity index (χ1) is 11.5. The maximum absolute atomic E-state index is 11.8. The minimum absolute atomic E-state index is 0.284. The predicted molar refractivity (Wildman–Crippen MR) is 92.6 cm³/mol. The zero-order chi connectivity index (χ0) is 17.5. The number of amides is 3. The molecule has 24 heavy (non-hydrogen) atoms. The van der Waals surface area contributed by atoms with E-state index < -0.39 is 17.7 Å². The highest BCUT2D eigenvalue weighted by Gasteiger charge is 2.14. The molecule has 0 unspecified atom stereocenters. The van der Waals surface area contributed by atoms with Crippen molar-refractivity contribution < 1.29 is 14.4 Å². The molecule has 0 aromatic heterocycles. The summed E-state index contributed by atoms with van der Waals surface area (Å²) in [7, 11) is 0. The van der Waals surface area contributed by atoms with Crippen LogP contribution in [0.2, 0.25) is 0 Å². The fraction of sp³-hybridized carbons (Fsp3) is 0.167. The van der Waals surface area contributed by atoms with E-state index in [0.717, 1.165) is 11.1 Å². The smallest absolute Gasteiger partial charge is 0.313 e. The van der Waals surface area contributed by atoms with Crippen molar-refractivity contribution in [2.75, 3.05) is 17.2 Å². The lowest BCUT2D eigenvalue weighted by Crippen LogP contribution is -2.39. The number of hydrogen-bond acceptors (Lipinski definition) is 3. The molecule has 6 nitrogen and oxygen atoms in total. The van der Waals surface area contributed by atoms with Gasteiger partial charge in [-0.05, 0) is 49.2 Å². The van der Waals surface area contributed by atoms with Crippen molar-refractivity contribution in [3.63, 3.8) is 0 Å². The average molecular weight is 325 g/mol. The molecule has 0 radical (unpaired) electrons. The standard InChI is InChI=1S/C18H19N3O3/c1-12-8-9-15(10-13(12)2)20-16(22)11-19-17(23)18(24)21-14-6-4-3-5-7-14/h3-10H,11H2,1-2H3,(H,19,23)(H,20,22)(H,21,24). The van der Waals surface area contributed by atoms with E-state index in [2.05, 4.69) is 16.0 Å². The van der Waals surface area contributed by atoms with E-state index in [1.807, 2.05) is 26.0 Å². The maximum atomic E-state index is 11.8. The number of carbonyl (C=O) groups excluding carboxylic acids is 3. The fourth-order valence-corrected chi connectivity index (χ4v) is 1.97. The molecule has 0 bridgehead atoms. The van der Waals surface area contributed by atoms with Gasteiger partial charge < -0.3 is 16.0 Å². The van der Waals surface area contributed by atoms with Crippen molar-refractivity contribution in [3.8, 4) is 0 Å². The lowest BCUT2D eigenvalue weighted by molar-refractivity contribution is -0.136. The van der Waals surface area contributed by atoms with Crippen LogP contribution < -0.4 is 16.0 Å². The summed E-state index contributed by atoms with van der Waals surface area (Å²) in [4.78, 5) is 35.2. The summed E-state index contributed by atoms with van der Waals surface area (Å²) >= 11 is 0. The predicted octanol–water partition coefficient (Wildman–Crippen LogP) is 2.00. The number of anilines is 2. The van der Waals surface area contributed by atoms with Crippen LogP contribution in [0.3, 0.4) is 0 Å². The van der Waals surface area contributed by atoms with E-state index in [4.69, 9.17) is 0 Å². The van der Waals surface area contributed by atoms with Crippen LogP contribution >= 0.6 is 0 Å². The van der Waals surface area contributed by atoms with Gasteiger partial charge in [0.1, 0.15) is 0 Å². The number of benzene rings is 2. The van der Waals surface area contributed by atoms with Gasteiger partial charge in [0.05, 0.1) is 6.54 Å². The first-order valence-corrected chi connectivity index (χ1v) is 7.47. The molecule has 124 valence electrons. The zero-order valence-corrected chi connectivity index (χ0v) is 13.6. The molecule has 2 rings (SSSR count). The van der Waals surface area contributed by atoms with Gasteiger partial charge in [-0.25, -0.2) is 0 Å². The van der Waals surface area contributed by atoms with E-state index in [1.165, 1.54) is 0 Å². The first-order valence-electron chi connectivity index (χ1n) is 7.47. The molecule has 0 fully saturated rings. The molecule has 0 aliphatic heterocycles. The summed E-state index contributed by atoms with van der Waals surface area (Å²) < 4.78 is 0. The highest BCUT2D eigenvalue weighted by molar-refractivity contribution is 6.39. The number of rotatable bonds is 4. The summed E-state index contributed by atoms with van der Waals surface area (Å²) in [5.41, 5.74) is 3.33. The minimum atomic E-state index is -0.867. The molecule has 0 spiro atoms. The van der Waals surface area contributed by atoms with E-state index in [0.29, 0.717) is 11.4 Å². The molecule has 0 heterocycles. The number of para-hydroxylation sites is 1. The third-order valence-electron chi connectivity index (χ3n) is 3.44. The molecule has 3 amide bonds. The van der Waals surface area contributed by atoms with Crippen molar-refractivity contribution in [1.29, 1.82) is 0 Å². The monoisotopic (exact) mass is 325 g/mol. The second-order valence-corrected chi connectivity index (χ2v) is 5.35. The molecule has 6 heteroatoms. The lowest BCUT2D eigenvalue weighted by Gasteiger charge is -2.09. The Morgan fingerprint density at radius 1 is 0.792 bits per heavy atom. The summed E-state index contributed by atoms with van der Waals surface area (Å²) in [6, 6.07) is 14.1. The minimum Gasteiger partial charge on any atom is -0.339 e. The Kier molecular flexibility index (Phi) is 5.68. The van der Waals surface area contributed by atoms with Crippen LogP contribution in [0.4, 0.5) is 11.4 Å². The van der Waals surface area contributed by atoms with Gasteiger partial charge in [0.2, 0.25) is 5.91 Å². The topological polar surface area (TPSA) is 87.3 Å². The quantitative estimate of drug-likeness (QED) is 0.751. The van der Waals surface area contributed by atoms with Crippen LogP contribution in [0, 0.1) is 13.8 Å². The first kappa shape index (κ1) is 17.2. The van der Waals surface area contributed by atoms with Crippen LogP contribution in [-0.2, 0) is 14.4 Å². The van der Waals surface area contributed by atoms with Crippen molar-refractivity contribution in [1.82, 2.24) is 5.32 Å². The Hall–Kier alpha value is -3.15. The van der Waals surface area contributed by atoms with Gasteiger partial charge in [0.25, 0.3) is 0 Å². The van der Waals surface area contributed by atoms with E-state index in [-0.39, 0.29) is 6.54 Å². The number of nitrogens with one attached hydrogen (secondary N) is 3. The van der Waals surface area contributed by atoms with Crippen LogP contribution in [-0.4, -0.2) is 24.3 Å². The Bertz CT molecular complexity index is 757. The zero-order valence-electron chi connectivity index (χ0n) is 13.6. The summed E-state index contributed by atoms with van der Waals surface area (Å²) in [5.74, 6) is -2.09. The summed E-state index contributed by atoms with van der Waals surface area (Å²) in [6.45, 7) is 3.64. The Balaban J connectivity index is 1.81. The van der Waals surface area contributed by atoms with Gasteiger partial charge in [-0.3, -0.25) is 14.4 Å². The number of aryl methyl sites for hydroxylation is 2. The molecule has 3 N–H and O–H groups in total. The van der Waals surface area contributed by atoms with E-state index >= 15 is 0 Å². The Morgan fingerprint density at radius 3 is 2.17 bits per heavy atom. The number of hydrogen-bond donors (Lipinski definition) is 3. The van der Waals surface area contributed by atoms with Gasteiger partial charge in [0, 0.05) is 11.4 Å². The Morgan fingerprint density at radius 2 is 1.50 bits per heavy atom. The fourth-order valence-electron chi connectivity index (χ4n) is 1.97. The van der Waals surface area contributed by atoms with Crippen LogP contribution in [0.5, 0.6) is 0 Å². The summed E-state index contributed by atoms with van der Waals surface area (Å²) in [6.07, 6.45) is 0. The van der Waals surface area contributed by atoms with Crippen molar-refractivity contribution in [2.45, 2.75) is 13.8 Å². The van der Waals surface area contributed by atoms with Crippen molar-refractivity contribution >= 4 is 29.1 Å². The largest absolute Gasteiger partial charge is 0.339 e. The third kappa shape index (κ3) is 4.95. The summed E-state index contributed by atoms with van der Waals surface area (Å²) in [5, 5.41) is 7.40. The van der Waals surface area contributed by atoms with E-state index in [9.17, 15) is 14.4 Å². The second-order valence-electron chi connectivity index (χ2n) is 5.35. The average Bonchev–Trinajstić information content (AvgIpc) is 2.57. The molecule has 2 aromatic rings. The molecular weight excluding hydrogens is 306 g/mol. The maximum Gasteiger partial charge on any atom is 0.313 e. The van der Waals surface area contributed by atoms with Gasteiger partial charge in [-0.2, -0.15) is 0 Å². The van der Waals surface area contributed by atoms with Gasteiger partial charge in [-0.15, -0.1) is 0 Å². The van der Waals surface area contributed by atoms with Crippen molar-refractivity contribution in [3.05, 3.63) is 59.7 Å². The third-order valence-corrected chi connectivity index (χ3v) is 3.44. The highest BCUT2D eigenvalue weighted by atomic mass is 16.2. The molecule has 2 aromatic carbocycles. The normalized spacial score (nSPS) is 9.92. The van der Waals surface area contributed by atoms with Gasteiger partial charge in [0.15, 0.2) is 0 Å². The second kappa shape index (κ2) is 7.92. The molecule has 0 aliphatic rings. The van der Waals surface area contributed by atoms with Crippen LogP contribution in [0.1, 0.15) is 11.1 Å². The molecule has 0 atom stereocenters. The highest BCUT2D eigenvalue weighted by Crippen LogP contribution is 2.13. The molecule has 0 saturated carbocycles. The number of carbonyl (C=O) groups is 3. The van der Waals surface area contributed by atoms with Crippen molar-refractivity contribution in [2.24, 2.45) is 0 Å². The van der Waals surface area contributed by atoms with Gasteiger partial charge >= 0.3 is 11.8 Å². The van der Waals surface area contributed by atoms with Crippen LogP contribution in [0.15, 0.2) is 48.5 Å². The van der Waals surface area contributed by atoms with E-state index in [1.54, 1.807) is 36.4 Å². The molecule has 0 saturated heterocycles. The SMILES string of the molecule is Cc1ccc(NC(=O)CNC(=O)C(=O)Nc2ccccc2)cc1C. The lowest BCUT2D eigenvalue weighted by atomic mass is 10.1. The molecular formula is C18H19N3O3. The Labute approximate surface area is 140 Å². The van der Waals surface area contributed by atoms with Gasteiger partial charge in [-0.1, -0.05) is 24.3 Å². The molecule has 0 aliphatic carbocycles. The van der Waals surface area contributed by atoms with Crippen LogP contribution in [0.25, 0.3) is 0 Å².